The summed E-state index contributed by atoms with van der Waals surface area (Å²) >= 11 is 0. The fraction of sp³-hybridized carbons (Fsp3) is 0.714. The highest BCUT2D eigenvalue weighted by Gasteiger charge is 2.07. The number of rotatable bonds is 2. The Labute approximate surface area is 61.3 Å². The van der Waals surface area contributed by atoms with Crippen LogP contribution in [0.4, 0.5) is 4.79 Å². The van der Waals surface area contributed by atoms with Gasteiger partial charge in [0.2, 0.25) is 0 Å². The van der Waals surface area contributed by atoms with Gasteiger partial charge in [-0.1, -0.05) is 0 Å². The maximum Gasteiger partial charge on any atom is 0.508 e. The smallest absolute Gasteiger partial charge is 0.432 e. The van der Waals surface area contributed by atoms with Gasteiger partial charge in [-0.05, 0) is 27.7 Å². The Bertz CT molecular complexity index is 95.4. The fourth-order valence-electron chi connectivity index (χ4n) is 0.384. The molecule has 3 nitrogen and oxygen atoms in total. The van der Waals surface area contributed by atoms with Gasteiger partial charge in [0.25, 0.3) is 0 Å². The standard InChI is InChI=1S/C7H13O3/c1-5(2)9-7(8)10-6(3)4/h5-6H,1H2,2-4H3. The lowest BCUT2D eigenvalue weighted by Crippen LogP contribution is -2.16. The van der Waals surface area contributed by atoms with Crippen LogP contribution in [0.1, 0.15) is 20.8 Å². The van der Waals surface area contributed by atoms with E-state index in [2.05, 4.69) is 16.4 Å². The molecule has 0 saturated heterocycles. The largest absolute Gasteiger partial charge is 0.508 e. The number of carbonyl (C=O) groups excluding carboxylic acids is 1. The predicted octanol–water partition coefficient (Wildman–Crippen LogP) is 1.77. The van der Waals surface area contributed by atoms with Crippen molar-refractivity contribution in [3.05, 3.63) is 6.92 Å². The molecule has 0 aromatic rings. The van der Waals surface area contributed by atoms with Crippen LogP contribution < -0.4 is 0 Å². The lowest BCUT2D eigenvalue weighted by molar-refractivity contribution is 0.0225. The van der Waals surface area contributed by atoms with E-state index in [1.807, 2.05) is 0 Å². The molecule has 0 amide bonds. The van der Waals surface area contributed by atoms with E-state index in [0.29, 0.717) is 0 Å². The summed E-state index contributed by atoms with van der Waals surface area (Å²) in [6, 6.07) is 0. The van der Waals surface area contributed by atoms with E-state index >= 15 is 0 Å². The number of carbonyl (C=O) groups is 1. The first-order valence-corrected chi connectivity index (χ1v) is 3.22. The molecule has 1 unspecified atom stereocenters. The molecule has 0 spiro atoms. The minimum Gasteiger partial charge on any atom is -0.432 e. The molecule has 0 aliphatic heterocycles. The topological polar surface area (TPSA) is 35.5 Å². The first-order valence-electron chi connectivity index (χ1n) is 3.22. The highest BCUT2D eigenvalue weighted by atomic mass is 16.7. The van der Waals surface area contributed by atoms with Crippen LogP contribution in [0.25, 0.3) is 0 Å². The zero-order chi connectivity index (χ0) is 8.15. The molecule has 0 aliphatic rings. The Kier molecular flexibility index (Phi) is 3.84. The van der Waals surface area contributed by atoms with E-state index < -0.39 is 6.16 Å². The van der Waals surface area contributed by atoms with Gasteiger partial charge >= 0.3 is 6.16 Å². The van der Waals surface area contributed by atoms with E-state index in [1.165, 1.54) is 0 Å². The molecule has 59 valence electrons. The molecular formula is C7H13O3. The second-order valence-electron chi connectivity index (χ2n) is 2.35. The van der Waals surface area contributed by atoms with Crippen molar-refractivity contribution in [2.75, 3.05) is 0 Å². The normalized spacial score (nSPS) is 10.2. The highest BCUT2D eigenvalue weighted by Crippen LogP contribution is 1.95. The molecule has 0 rings (SSSR count). The van der Waals surface area contributed by atoms with Crippen molar-refractivity contribution in [1.82, 2.24) is 0 Å². The third kappa shape index (κ3) is 5.41. The second-order valence-corrected chi connectivity index (χ2v) is 2.35. The zero-order valence-electron chi connectivity index (χ0n) is 6.59. The van der Waals surface area contributed by atoms with Crippen molar-refractivity contribution in [3.8, 4) is 0 Å². The summed E-state index contributed by atoms with van der Waals surface area (Å²) in [5.74, 6) is 0. The molecule has 0 bridgehead atoms. The molecule has 0 N–H and O–H groups in total. The van der Waals surface area contributed by atoms with Gasteiger partial charge in [0.15, 0.2) is 0 Å². The van der Waals surface area contributed by atoms with Crippen molar-refractivity contribution < 1.29 is 14.3 Å². The van der Waals surface area contributed by atoms with E-state index in [-0.39, 0.29) is 12.2 Å². The minimum atomic E-state index is -0.655. The number of hydrogen-bond donors (Lipinski definition) is 0. The van der Waals surface area contributed by atoms with Crippen LogP contribution >= 0.6 is 0 Å². The van der Waals surface area contributed by atoms with Gasteiger partial charge in [-0.3, -0.25) is 0 Å². The molecule has 0 fully saturated rings. The molecule has 0 aromatic heterocycles. The van der Waals surface area contributed by atoms with Crippen LogP contribution in [0.5, 0.6) is 0 Å². The van der Waals surface area contributed by atoms with Gasteiger partial charge < -0.3 is 9.47 Å². The van der Waals surface area contributed by atoms with Gasteiger partial charge in [0.05, 0.1) is 6.10 Å². The van der Waals surface area contributed by atoms with Crippen molar-refractivity contribution in [2.45, 2.75) is 33.0 Å². The third-order valence-corrected chi connectivity index (χ3v) is 0.629. The monoisotopic (exact) mass is 145 g/mol. The van der Waals surface area contributed by atoms with E-state index in [0.717, 1.165) is 0 Å². The molecule has 1 atom stereocenters. The highest BCUT2D eigenvalue weighted by molar-refractivity contribution is 5.60. The molecule has 1 radical (unpaired) electrons. The summed E-state index contributed by atoms with van der Waals surface area (Å²) in [6.07, 6.45) is -1.14. The Morgan fingerprint density at radius 2 is 1.80 bits per heavy atom. The van der Waals surface area contributed by atoms with Crippen LogP contribution in [-0.4, -0.2) is 18.4 Å². The molecule has 0 saturated carbocycles. The van der Waals surface area contributed by atoms with E-state index in [4.69, 9.17) is 0 Å². The van der Waals surface area contributed by atoms with E-state index in [9.17, 15) is 4.79 Å². The summed E-state index contributed by atoms with van der Waals surface area (Å²) in [6.45, 7) is 8.65. The Morgan fingerprint density at radius 3 is 2.10 bits per heavy atom. The maximum absolute atomic E-state index is 10.6. The van der Waals surface area contributed by atoms with Crippen molar-refractivity contribution in [1.29, 1.82) is 0 Å². The van der Waals surface area contributed by atoms with Crippen molar-refractivity contribution in [2.24, 2.45) is 0 Å². The summed E-state index contributed by atoms with van der Waals surface area (Å²) in [4.78, 5) is 10.6. The molecule has 0 aromatic carbocycles. The molecule has 0 aliphatic carbocycles. The van der Waals surface area contributed by atoms with Crippen LogP contribution in [0.15, 0.2) is 0 Å². The number of hydrogen-bond acceptors (Lipinski definition) is 3. The van der Waals surface area contributed by atoms with Crippen LogP contribution in [0.2, 0.25) is 0 Å². The third-order valence-electron chi connectivity index (χ3n) is 0.629. The van der Waals surface area contributed by atoms with Gasteiger partial charge in [-0.15, -0.1) is 0 Å². The average molecular weight is 145 g/mol. The second kappa shape index (κ2) is 4.14. The van der Waals surface area contributed by atoms with E-state index in [1.54, 1.807) is 20.8 Å². The first-order chi connectivity index (χ1) is 4.52. The van der Waals surface area contributed by atoms with Gasteiger partial charge in [0, 0.05) is 0 Å². The lowest BCUT2D eigenvalue weighted by atomic mass is 10.5. The van der Waals surface area contributed by atoms with Crippen LogP contribution in [-0.2, 0) is 9.47 Å². The van der Waals surface area contributed by atoms with Gasteiger partial charge in [-0.2, -0.15) is 0 Å². The molecular weight excluding hydrogens is 132 g/mol. The minimum absolute atomic E-state index is 0.133. The summed E-state index contributed by atoms with van der Waals surface area (Å²) in [7, 11) is 0. The van der Waals surface area contributed by atoms with Crippen LogP contribution in [0, 0.1) is 6.92 Å². The van der Waals surface area contributed by atoms with Crippen molar-refractivity contribution in [3.63, 3.8) is 0 Å². The van der Waals surface area contributed by atoms with Gasteiger partial charge in [0.1, 0.15) is 6.10 Å². The summed E-state index contributed by atoms with van der Waals surface area (Å²) < 4.78 is 9.25. The SMILES string of the molecule is [CH2]C(C)OC(=O)OC(C)C. The molecule has 0 heterocycles. The fourth-order valence-corrected chi connectivity index (χ4v) is 0.384. The summed E-state index contributed by atoms with van der Waals surface area (Å²) in [5.41, 5.74) is 0. The van der Waals surface area contributed by atoms with Crippen LogP contribution in [0.3, 0.4) is 0 Å². The first kappa shape index (κ1) is 9.27. The van der Waals surface area contributed by atoms with Crippen molar-refractivity contribution >= 4 is 6.16 Å². The quantitative estimate of drug-likeness (QED) is 0.555. The Balaban J connectivity index is 3.44. The maximum atomic E-state index is 10.6. The Morgan fingerprint density at radius 1 is 1.30 bits per heavy atom. The summed E-state index contributed by atoms with van der Waals surface area (Å²) in [5, 5.41) is 0. The zero-order valence-corrected chi connectivity index (χ0v) is 6.59. The van der Waals surface area contributed by atoms with Gasteiger partial charge in [-0.25, -0.2) is 4.79 Å². The predicted molar refractivity (Wildman–Crippen MR) is 37.5 cm³/mol. The Hall–Kier alpha value is -0.730. The average Bonchev–Trinajstić information content (AvgIpc) is 1.58. The molecule has 3 heteroatoms. The molecule has 10 heavy (non-hydrogen) atoms. The number of ether oxygens (including phenoxy) is 2. The lowest BCUT2D eigenvalue weighted by Gasteiger charge is -2.10.